The van der Waals surface area contributed by atoms with Crippen LogP contribution in [0, 0.1) is 0 Å². The number of nitrogens with zero attached hydrogens (tertiary/aromatic N) is 2. The van der Waals surface area contributed by atoms with Crippen molar-refractivity contribution < 1.29 is 8.42 Å². The fourth-order valence-corrected chi connectivity index (χ4v) is 3.53. The number of nitrogen functional groups attached to an aromatic ring is 1. The first-order chi connectivity index (χ1) is 8.38. The van der Waals surface area contributed by atoms with Crippen LogP contribution in [0.5, 0.6) is 0 Å². The molecule has 0 saturated carbocycles. The number of benzene rings is 1. The van der Waals surface area contributed by atoms with Crippen molar-refractivity contribution in [1.29, 1.82) is 0 Å². The lowest BCUT2D eigenvalue weighted by Gasteiger charge is -2.06. The minimum absolute atomic E-state index is 0.0854. The van der Waals surface area contributed by atoms with Gasteiger partial charge in [0.15, 0.2) is 9.84 Å². The molecule has 7 heteroatoms. The first-order valence-corrected chi connectivity index (χ1v) is 7.17. The fourth-order valence-electron chi connectivity index (χ4n) is 1.61. The number of sulfone groups is 1. The molecule has 1 aromatic carbocycles. The van der Waals surface area contributed by atoms with E-state index in [0.29, 0.717) is 11.3 Å². The van der Waals surface area contributed by atoms with Crippen molar-refractivity contribution >= 4 is 27.1 Å². The maximum atomic E-state index is 12.2. The highest BCUT2D eigenvalue weighted by Crippen LogP contribution is 2.26. The molecule has 0 unspecified atom stereocenters. The van der Waals surface area contributed by atoms with E-state index < -0.39 is 9.84 Å². The van der Waals surface area contributed by atoms with Gasteiger partial charge < -0.3 is 5.73 Å². The largest absolute Gasteiger partial charge is 0.399 e. The van der Waals surface area contributed by atoms with Crippen LogP contribution in [0.3, 0.4) is 0 Å². The van der Waals surface area contributed by atoms with Crippen LogP contribution >= 0.6 is 11.6 Å². The van der Waals surface area contributed by atoms with E-state index in [9.17, 15) is 8.42 Å². The van der Waals surface area contributed by atoms with Crippen molar-refractivity contribution in [2.75, 3.05) is 5.73 Å². The molecule has 0 radical (unpaired) electrons. The van der Waals surface area contributed by atoms with E-state index in [1.165, 1.54) is 24.4 Å². The third kappa shape index (κ3) is 2.65. The van der Waals surface area contributed by atoms with Crippen molar-refractivity contribution in [2.45, 2.75) is 10.6 Å². The van der Waals surface area contributed by atoms with Crippen molar-refractivity contribution in [3.63, 3.8) is 0 Å². The van der Waals surface area contributed by atoms with Crippen LogP contribution in [0.15, 0.2) is 35.5 Å². The maximum absolute atomic E-state index is 12.2. The topological polar surface area (TPSA) is 78.0 Å². The van der Waals surface area contributed by atoms with Gasteiger partial charge in [-0.1, -0.05) is 11.6 Å². The molecule has 0 amide bonds. The molecular weight excluding hydrogens is 274 g/mol. The predicted octanol–water partition coefficient (Wildman–Crippen LogP) is 1.63. The maximum Gasteiger partial charge on any atom is 0.184 e. The second-order valence-electron chi connectivity index (χ2n) is 3.97. The lowest BCUT2D eigenvalue weighted by molar-refractivity contribution is 0.595. The molecule has 0 aliphatic heterocycles. The van der Waals surface area contributed by atoms with E-state index in [-0.39, 0.29) is 15.7 Å². The molecule has 96 valence electrons. The van der Waals surface area contributed by atoms with Gasteiger partial charge in [0.2, 0.25) is 0 Å². The van der Waals surface area contributed by atoms with Crippen LogP contribution in [0.1, 0.15) is 5.56 Å². The molecule has 2 rings (SSSR count). The minimum atomic E-state index is -3.49. The zero-order chi connectivity index (χ0) is 13.3. The number of aromatic nitrogens is 2. The van der Waals surface area contributed by atoms with Gasteiger partial charge in [0.25, 0.3) is 0 Å². The van der Waals surface area contributed by atoms with Gasteiger partial charge in [-0.15, -0.1) is 0 Å². The van der Waals surface area contributed by atoms with Crippen LogP contribution in [-0.4, -0.2) is 18.2 Å². The lowest BCUT2D eigenvalue weighted by Crippen LogP contribution is -2.05. The Morgan fingerprint density at radius 3 is 2.72 bits per heavy atom. The van der Waals surface area contributed by atoms with E-state index in [4.69, 9.17) is 17.3 Å². The van der Waals surface area contributed by atoms with E-state index in [0.717, 1.165) is 0 Å². The first-order valence-electron chi connectivity index (χ1n) is 5.14. The summed E-state index contributed by atoms with van der Waals surface area (Å²) in [6.07, 6.45) is 3.17. The Morgan fingerprint density at radius 1 is 1.44 bits per heavy atom. The van der Waals surface area contributed by atoms with Gasteiger partial charge >= 0.3 is 0 Å². The van der Waals surface area contributed by atoms with Crippen LogP contribution in [0.4, 0.5) is 5.69 Å². The van der Waals surface area contributed by atoms with Crippen LogP contribution < -0.4 is 5.73 Å². The minimum Gasteiger partial charge on any atom is -0.399 e. The SMILES string of the molecule is Cn1cc(CS(=O)(=O)c2ccc(N)cc2Cl)cn1. The van der Waals surface area contributed by atoms with E-state index in [1.807, 2.05) is 0 Å². The number of hydrogen-bond acceptors (Lipinski definition) is 4. The van der Waals surface area contributed by atoms with Gasteiger partial charge in [0, 0.05) is 24.5 Å². The van der Waals surface area contributed by atoms with Crippen molar-refractivity contribution in [2.24, 2.45) is 7.05 Å². The fraction of sp³-hybridized carbons (Fsp3) is 0.182. The summed E-state index contributed by atoms with van der Waals surface area (Å²) in [7, 11) is -1.76. The Labute approximate surface area is 110 Å². The number of rotatable bonds is 3. The zero-order valence-electron chi connectivity index (χ0n) is 9.67. The quantitative estimate of drug-likeness (QED) is 0.870. The number of nitrogens with two attached hydrogens (primary N) is 1. The Balaban J connectivity index is 2.36. The van der Waals surface area contributed by atoms with Crippen molar-refractivity contribution in [3.05, 3.63) is 41.2 Å². The number of anilines is 1. The second kappa shape index (κ2) is 4.62. The number of aryl methyl sites for hydroxylation is 1. The standard InChI is InChI=1S/C11H12ClN3O2S/c1-15-6-8(5-14-15)7-18(16,17)11-3-2-9(13)4-10(11)12/h2-6H,7,13H2,1H3. The smallest absolute Gasteiger partial charge is 0.184 e. The molecule has 0 fully saturated rings. The van der Waals surface area contributed by atoms with Gasteiger partial charge in [-0.3, -0.25) is 4.68 Å². The third-order valence-electron chi connectivity index (χ3n) is 2.41. The highest BCUT2D eigenvalue weighted by Gasteiger charge is 2.19. The Hall–Kier alpha value is -1.53. The molecular formula is C11H12ClN3O2S. The molecule has 2 aromatic rings. The lowest BCUT2D eigenvalue weighted by atomic mass is 10.3. The summed E-state index contributed by atoms with van der Waals surface area (Å²) in [6.45, 7) is 0. The van der Waals surface area contributed by atoms with E-state index in [1.54, 1.807) is 17.9 Å². The van der Waals surface area contributed by atoms with Crippen molar-refractivity contribution in [3.8, 4) is 0 Å². The molecule has 1 heterocycles. The summed E-state index contributed by atoms with van der Waals surface area (Å²) in [6, 6.07) is 4.36. The third-order valence-corrected chi connectivity index (χ3v) is 4.57. The number of hydrogen-bond donors (Lipinski definition) is 1. The summed E-state index contributed by atoms with van der Waals surface area (Å²) in [5.74, 6) is -0.134. The van der Waals surface area contributed by atoms with Gasteiger partial charge in [-0.2, -0.15) is 5.10 Å². The highest BCUT2D eigenvalue weighted by molar-refractivity contribution is 7.90. The molecule has 0 aliphatic rings. The van der Waals surface area contributed by atoms with Crippen LogP contribution in [0.25, 0.3) is 0 Å². The molecule has 2 N–H and O–H groups in total. The molecule has 0 atom stereocenters. The Morgan fingerprint density at radius 2 is 2.17 bits per heavy atom. The molecule has 1 aromatic heterocycles. The highest BCUT2D eigenvalue weighted by atomic mass is 35.5. The molecule has 0 aliphatic carbocycles. The second-order valence-corrected chi connectivity index (χ2v) is 6.34. The van der Waals surface area contributed by atoms with Crippen molar-refractivity contribution in [1.82, 2.24) is 9.78 Å². The van der Waals surface area contributed by atoms with Gasteiger partial charge in [0.1, 0.15) is 0 Å². The van der Waals surface area contributed by atoms with Gasteiger partial charge in [-0.05, 0) is 18.2 Å². The Bertz CT molecular complexity index is 679. The van der Waals surface area contributed by atoms with Crippen LogP contribution in [0.2, 0.25) is 5.02 Å². The molecule has 0 saturated heterocycles. The average molecular weight is 286 g/mol. The summed E-state index contributed by atoms with van der Waals surface area (Å²) in [5, 5.41) is 4.07. The predicted molar refractivity (Wildman–Crippen MR) is 70.0 cm³/mol. The summed E-state index contributed by atoms with van der Waals surface area (Å²) < 4.78 is 25.9. The zero-order valence-corrected chi connectivity index (χ0v) is 11.2. The van der Waals surface area contributed by atoms with Crippen LogP contribution in [-0.2, 0) is 22.6 Å². The summed E-state index contributed by atoms with van der Waals surface area (Å²) >= 11 is 5.91. The summed E-state index contributed by atoms with van der Waals surface area (Å²) in [4.78, 5) is 0.0854. The van der Waals surface area contributed by atoms with E-state index in [2.05, 4.69) is 5.10 Å². The van der Waals surface area contributed by atoms with Gasteiger partial charge in [0.05, 0.1) is 21.9 Å². The molecule has 5 nitrogen and oxygen atoms in total. The molecule has 0 bridgehead atoms. The Kier molecular flexibility index (Phi) is 3.32. The monoisotopic (exact) mass is 285 g/mol. The van der Waals surface area contributed by atoms with E-state index >= 15 is 0 Å². The molecule has 0 spiro atoms. The average Bonchev–Trinajstić information content (AvgIpc) is 2.62. The van der Waals surface area contributed by atoms with Gasteiger partial charge in [-0.25, -0.2) is 8.42 Å². The first kappa shape index (κ1) is 12.9. The normalized spacial score (nSPS) is 11.7. The summed E-state index contributed by atoms with van der Waals surface area (Å²) in [5.41, 5.74) is 6.58. The molecule has 18 heavy (non-hydrogen) atoms. The number of halogens is 1.